The van der Waals surface area contributed by atoms with E-state index in [9.17, 15) is 0 Å². The first kappa shape index (κ1) is 53.1. The normalized spacial score (nSPS) is 11.5. The summed E-state index contributed by atoms with van der Waals surface area (Å²) in [5.74, 6) is 0. The molecule has 0 bridgehead atoms. The highest BCUT2D eigenvalue weighted by Gasteiger charge is 2.08. The predicted octanol–water partition coefficient (Wildman–Crippen LogP) is 18.6. The first-order valence-electron chi connectivity index (χ1n) is 27.4. The maximum absolute atomic E-state index is 6.18. The minimum absolute atomic E-state index is 0.900. The number of anilines is 2. The van der Waals surface area contributed by atoms with Gasteiger partial charge in [-0.3, -0.25) is 0 Å². The van der Waals surface area contributed by atoms with Crippen molar-refractivity contribution in [1.29, 1.82) is 0 Å². The van der Waals surface area contributed by atoms with Crippen molar-refractivity contribution in [2.75, 3.05) is 11.5 Å². The molecule has 0 saturated heterocycles. The van der Waals surface area contributed by atoms with Crippen molar-refractivity contribution in [3.8, 4) is 0 Å². The van der Waals surface area contributed by atoms with Gasteiger partial charge in [0.05, 0.1) is 0 Å². The van der Waals surface area contributed by atoms with Gasteiger partial charge in [-0.05, 0) is 133 Å². The summed E-state index contributed by atoms with van der Waals surface area (Å²) in [6.07, 6.45) is 48.2. The summed E-state index contributed by atoms with van der Waals surface area (Å²) in [7, 11) is 0. The van der Waals surface area contributed by atoms with Crippen LogP contribution in [0.1, 0.15) is 251 Å². The molecule has 0 aliphatic heterocycles. The van der Waals surface area contributed by atoms with Crippen molar-refractivity contribution in [2.45, 2.75) is 245 Å². The molecule has 0 aliphatic carbocycles. The number of nitrogens with two attached hydrogens (primary N) is 2. The Bertz CT molecular complexity index is 1590. The molecular weight excluding hydrogens is 773 g/mol. The van der Waals surface area contributed by atoms with Crippen molar-refractivity contribution in [2.24, 2.45) is 0 Å². The zero-order valence-corrected chi connectivity index (χ0v) is 41.7. The second-order valence-electron chi connectivity index (χ2n) is 19.9. The lowest BCUT2D eigenvalue weighted by Gasteiger charge is -2.12. The molecule has 4 N–H and O–H groups in total. The fourth-order valence-electron chi connectivity index (χ4n) is 9.87. The van der Waals surface area contributed by atoms with Gasteiger partial charge in [0.1, 0.15) is 0 Å². The Kier molecular flexibility index (Phi) is 28.9. The van der Waals surface area contributed by atoms with Gasteiger partial charge in [0.15, 0.2) is 0 Å². The number of aryl methyl sites for hydroxylation is 4. The third kappa shape index (κ3) is 24.1. The molecule has 2 heteroatoms. The second-order valence-corrected chi connectivity index (χ2v) is 19.9. The summed E-state index contributed by atoms with van der Waals surface area (Å²) in [5.41, 5.74) is 25.8. The van der Waals surface area contributed by atoms with E-state index in [0.717, 1.165) is 37.1 Å². The standard InChI is InChI=1S/C62H96N2/c1-3-5-7-9-27-31-35-57-51-61(63)47-45-59(57)49-55-41-37-53(38-42-55)33-29-25-23-21-19-17-15-13-11-12-14-16-18-20-22-24-26-30-34-54-39-43-56(44-40-54)50-60-46-48-62(64)52-58(60)36-32-28-10-8-6-4-2/h37-48,51-52H,3-36,49-50,63-64H2,1-2H3. The molecule has 64 heavy (non-hydrogen) atoms. The molecule has 4 aromatic carbocycles. The van der Waals surface area contributed by atoms with E-state index in [-0.39, 0.29) is 0 Å². The van der Waals surface area contributed by atoms with Crippen LogP contribution in [0.25, 0.3) is 0 Å². The molecule has 0 unspecified atom stereocenters. The van der Waals surface area contributed by atoms with Gasteiger partial charge in [0, 0.05) is 11.4 Å². The number of nitrogen functional groups attached to an aromatic ring is 2. The van der Waals surface area contributed by atoms with E-state index < -0.39 is 0 Å². The lowest BCUT2D eigenvalue weighted by Crippen LogP contribution is -1.99. The molecule has 0 atom stereocenters. The fourth-order valence-corrected chi connectivity index (χ4v) is 9.87. The zero-order valence-electron chi connectivity index (χ0n) is 41.7. The monoisotopic (exact) mass is 869 g/mol. The maximum Gasteiger partial charge on any atom is 0.0316 e. The Morgan fingerprint density at radius 1 is 0.250 bits per heavy atom. The Labute approximate surface area is 395 Å². The van der Waals surface area contributed by atoms with E-state index in [0.29, 0.717) is 0 Å². The van der Waals surface area contributed by atoms with Gasteiger partial charge >= 0.3 is 0 Å². The molecule has 0 spiro atoms. The highest BCUT2D eigenvalue weighted by Crippen LogP contribution is 2.24. The first-order chi connectivity index (χ1) is 31.5. The van der Waals surface area contributed by atoms with Crippen LogP contribution in [0.3, 0.4) is 0 Å². The van der Waals surface area contributed by atoms with Crippen LogP contribution in [0, 0.1) is 0 Å². The van der Waals surface area contributed by atoms with Crippen molar-refractivity contribution in [3.05, 3.63) is 129 Å². The molecule has 0 aliphatic rings. The molecule has 4 rings (SSSR count). The van der Waals surface area contributed by atoms with Crippen LogP contribution < -0.4 is 11.5 Å². The van der Waals surface area contributed by atoms with Crippen molar-refractivity contribution < 1.29 is 0 Å². The summed E-state index contributed by atoms with van der Waals surface area (Å²) in [6.45, 7) is 4.58. The number of rotatable bonds is 39. The summed E-state index contributed by atoms with van der Waals surface area (Å²) >= 11 is 0. The minimum atomic E-state index is 0.900. The van der Waals surface area contributed by atoms with Crippen LogP contribution in [0.15, 0.2) is 84.9 Å². The fraction of sp³-hybridized carbons (Fsp3) is 0.613. The van der Waals surface area contributed by atoms with Gasteiger partial charge in [-0.2, -0.15) is 0 Å². The second kappa shape index (κ2) is 34.8. The topological polar surface area (TPSA) is 52.0 Å². The van der Waals surface area contributed by atoms with Crippen molar-refractivity contribution >= 4 is 11.4 Å². The maximum atomic E-state index is 6.18. The van der Waals surface area contributed by atoms with Gasteiger partial charge in [0.2, 0.25) is 0 Å². The Morgan fingerprint density at radius 3 is 0.797 bits per heavy atom. The van der Waals surface area contributed by atoms with Gasteiger partial charge in [-0.15, -0.1) is 0 Å². The quantitative estimate of drug-likeness (QED) is 0.0347. The number of hydrogen-bond donors (Lipinski definition) is 2. The highest BCUT2D eigenvalue weighted by atomic mass is 14.5. The number of hydrogen-bond acceptors (Lipinski definition) is 2. The first-order valence-corrected chi connectivity index (χ1v) is 27.4. The number of benzene rings is 4. The summed E-state index contributed by atoms with van der Waals surface area (Å²) < 4.78 is 0. The average molecular weight is 869 g/mol. The van der Waals surface area contributed by atoms with E-state index in [1.807, 2.05) is 0 Å². The van der Waals surface area contributed by atoms with E-state index in [2.05, 4.69) is 98.8 Å². The van der Waals surface area contributed by atoms with Gasteiger partial charge < -0.3 is 11.5 Å². The smallest absolute Gasteiger partial charge is 0.0316 e. The molecule has 354 valence electrons. The van der Waals surface area contributed by atoms with Crippen LogP contribution in [-0.4, -0.2) is 0 Å². The van der Waals surface area contributed by atoms with Gasteiger partial charge in [0.25, 0.3) is 0 Å². The van der Waals surface area contributed by atoms with Gasteiger partial charge in [-0.25, -0.2) is 0 Å². The largest absolute Gasteiger partial charge is 0.399 e. The average Bonchev–Trinajstić information content (AvgIpc) is 3.30. The van der Waals surface area contributed by atoms with Crippen LogP contribution in [0.4, 0.5) is 11.4 Å². The van der Waals surface area contributed by atoms with Crippen LogP contribution in [0.2, 0.25) is 0 Å². The van der Waals surface area contributed by atoms with Crippen LogP contribution in [-0.2, 0) is 38.5 Å². The lowest BCUT2D eigenvalue weighted by molar-refractivity contribution is 0.524. The van der Waals surface area contributed by atoms with Crippen molar-refractivity contribution in [1.82, 2.24) is 0 Å². The summed E-state index contributed by atoms with van der Waals surface area (Å²) in [6, 6.07) is 32.1. The molecular formula is C62H96N2. The Balaban J connectivity index is 0.906. The summed E-state index contributed by atoms with van der Waals surface area (Å²) in [4.78, 5) is 0. The molecule has 0 heterocycles. The molecule has 2 nitrogen and oxygen atoms in total. The summed E-state index contributed by atoms with van der Waals surface area (Å²) in [5, 5.41) is 0. The van der Waals surface area contributed by atoms with E-state index in [1.165, 1.54) is 250 Å². The predicted molar refractivity (Wildman–Crippen MR) is 285 cm³/mol. The molecule has 0 fully saturated rings. The SMILES string of the molecule is CCCCCCCCc1cc(N)ccc1Cc1ccc(CCCCCCCCCCCCCCCCCCCCc2ccc(Cc3ccc(N)cc3CCCCCCCC)cc2)cc1. The van der Waals surface area contributed by atoms with Gasteiger partial charge in [-0.1, -0.05) is 241 Å². The third-order valence-corrected chi connectivity index (χ3v) is 14.1. The molecule has 0 aromatic heterocycles. The molecule has 4 aromatic rings. The molecule has 0 radical (unpaired) electrons. The molecule has 0 amide bonds. The third-order valence-electron chi connectivity index (χ3n) is 14.1. The van der Waals surface area contributed by atoms with E-state index in [1.54, 1.807) is 0 Å². The van der Waals surface area contributed by atoms with Crippen LogP contribution >= 0.6 is 0 Å². The van der Waals surface area contributed by atoms with Crippen LogP contribution in [0.5, 0.6) is 0 Å². The van der Waals surface area contributed by atoms with E-state index in [4.69, 9.17) is 11.5 Å². The minimum Gasteiger partial charge on any atom is -0.399 e. The Hall–Kier alpha value is -3.52. The van der Waals surface area contributed by atoms with Crippen molar-refractivity contribution in [3.63, 3.8) is 0 Å². The number of unbranched alkanes of at least 4 members (excludes halogenated alkanes) is 27. The van der Waals surface area contributed by atoms with E-state index >= 15 is 0 Å². The highest BCUT2D eigenvalue weighted by molar-refractivity contribution is 5.47. The zero-order chi connectivity index (χ0) is 45.1. The lowest BCUT2D eigenvalue weighted by atomic mass is 9.94. The molecule has 0 saturated carbocycles. The Morgan fingerprint density at radius 2 is 0.500 bits per heavy atom.